The summed E-state index contributed by atoms with van der Waals surface area (Å²) in [4.78, 5) is 12.0. The number of halogens is 1. The van der Waals surface area contributed by atoms with Gasteiger partial charge in [0.05, 0.1) is 0 Å². The van der Waals surface area contributed by atoms with Crippen molar-refractivity contribution < 1.29 is 0 Å². The fourth-order valence-corrected chi connectivity index (χ4v) is 9.06. The Balaban J connectivity index is 1.32. The minimum Gasteiger partial charge on any atom is -0.295 e. The van der Waals surface area contributed by atoms with Crippen LogP contribution in [-0.4, -0.2) is 28.0 Å². The highest BCUT2D eigenvalue weighted by Crippen LogP contribution is 2.81. The molecule has 2 bridgehead atoms. The van der Waals surface area contributed by atoms with Gasteiger partial charge in [0.1, 0.15) is 5.15 Å². The van der Waals surface area contributed by atoms with Crippen LogP contribution in [0.5, 0.6) is 0 Å². The molecule has 5 aliphatic rings. The van der Waals surface area contributed by atoms with Crippen LogP contribution in [0.1, 0.15) is 73.6 Å². The molecule has 0 amide bonds. The average molecular weight is 484 g/mol. The van der Waals surface area contributed by atoms with Crippen molar-refractivity contribution in [2.75, 3.05) is 13.1 Å². The van der Waals surface area contributed by atoms with E-state index >= 15 is 0 Å². The maximum Gasteiger partial charge on any atom is 0.129 e. The van der Waals surface area contributed by atoms with Crippen LogP contribution in [0.2, 0.25) is 5.15 Å². The Morgan fingerprint density at radius 2 is 1.71 bits per heavy atom. The molecular weight excluding hydrogens is 450 g/mol. The van der Waals surface area contributed by atoms with Crippen molar-refractivity contribution >= 4 is 11.6 Å². The Morgan fingerprint density at radius 1 is 0.886 bits per heavy atom. The lowest BCUT2D eigenvalue weighted by atomic mass is 9.53. The number of hydrogen-bond donors (Lipinski definition) is 0. The van der Waals surface area contributed by atoms with E-state index in [9.17, 15) is 0 Å². The van der Waals surface area contributed by atoms with Crippen LogP contribution >= 0.6 is 11.6 Å². The molecule has 1 unspecified atom stereocenters. The van der Waals surface area contributed by atoms with Gasteiger partial charge in [-0.3, -0.25) is 9.88 Å². The Labute approximate surface area is 213 Å². The molecule has 3 nitrogen and oxygen atoms in total. The van der Waals surface area contributed by atoms with E-state index in [1.165, 1.54) is 74.7 Å². The molecule has 3 aromatic rings. The number of pyridine rings is 2. The Morgan fingerprint density at radius 3 is 2.43 bits per heavy atom. The highest BCUT2D eigenvalue weighted by molar-refractivity contribution is 6.29. The third-order valence-electron chi connectivity index (χ3n) is 10.0. The maximum atomic E-state index is 6.23. The molecule has 0 radical (unpaired) electrons. The Kier molecular flexibility index (Phi) is 5.29. The van der Waals surface area contributed by atoms with E-state index in [4.69, 9.17) is 11.6 Å². The maximum absolute atomic E-state index is 6.23. The SMILES string of the molecule is Clc1ccc(C2[C@H]3CN(CC4CCCCC4)[C@H](c4ccccc4)C34CC2(c2cccnc2)C4)cn1. The first-order valence-electron chi connectivity index (χ1n) is 13.5. The van der Waals surface area contributed by atoms with Gasteiger partial charge in [-0.1, -0.05) is 73.3 Å². The predicted molar refractivity (Wildman–Crippen MR) is 140 cm³/mol. The lowest BCUT2D eigenvalue weighted by molar-refractivity contribution is 0.0252. The van der Waals surface area contributed by atoms with Crippen LogP contribution in [0.3, 0.4) is 0 Å². The standard InChI is InChI=1S/C31H34ClN3/c32-27-14-13-24(16-34-27)28-26-19-35(18-22-8-3-1-4-9-22)29(23-10-5-2-6-11-23)31(26)20-30(28,21-31)25-12-7-15-33-17-25/h2,5-7,10-17,22,26,28-29H,1,3-4,8-9,18-21H2/t26-,28?,29-,30?,31?/m1/s1. The van der Waals surface area contributed by atoms with Crippen molar-refractivity contribution in [3.05, 3.63) is 95.0 Å². The van der Waals surface area contributed by atoms with Gasteiger partial charge in [-0.25, -0.2) is 4.98 Å². The fraction of sp³-hybridized carbons (Fsp3) is 0.484. The van der Waals surface area contributed by atoms with Crippen molar-refractivity contribution in [3.63, 3.8) is 0 Å². The largest absolute Gasteiger partial charge is 0.295 e. The Bertz CT molecular complexity index is 1170. The highest BCUT2D eigenvalue weighted by Gasteiger charge is 2.77. The zero-order chi connectivity index (χ0) is 23.5. The summed E-state index contributed by atoms with van der Waals surface area (Å²) in [6, 6.07) is 20.6. The van der Waals surface area contributed by atoms with Gasteiger partial charge in [0.25, 0.3) is 0 Å². The number of hydrogen-bond acceptors (Lipinski definition) is 3. The zero-order valence-corrected chi connectivity index (χ0v) is 21.1. The summed E-state index contributed by atoms with van der Waals surface area (Å²) in [7, 11) is 0. The van der Waals surface area contributed by atoms with Crippen molar-refractivity contribution in [3.8, 4) is 0 Å². The molecule has 4 saturated carbocycles. The van der Waals surface area contributed by atoms with E-state index < -0.39 is 0 Å². The second-order valence-electron chi connectivity index (χ2n) is 11.8. The molecule has 2 aromatic heterocycles. The molecule has 180 valence electrons. The second kappa shape index (κ2) is 8.42. The molecule has 4 aliphatic carbocycles. The first kappa shape index (κ1) is 22.0. The van der Waals surface area contributed by atoms with Crippen molar-refractivity contribution in [1.29, 1.82) is 0 Å². The van der Waals surface area contributed by atoms with Crippen LogP contribution in [0, 0.1) is 17.3 Å². The lowest BCUT2D eigenvalue weighted by Gasteiger charge is -2.53. The average Bonchev–Trinajstić information content (AvgIpc) is 3.45. The van der Waals surface area contributed by atoms with E-state index in [2.05, 4.69) is 75.8 Å². The van der Waals surface area contributed by atoms with Gasteiger partial charge in [0.15, 0.2) is 0 Å². The molecule has 5 fully saturated rings. The van der Waals surface area contributed by atoms with Crippen LogP contribution < -0.4 is 0 Å². The monoisotopic (exact) mass is 483 g/mol. The molecule has 1 saturated heterocycles. The highest BCUT2D eigenvalue weighted by atomic mass is 35.5. The van der Waals surface area contributed by atoms with E-state index in [1.807, 2.05) is 12.3 Å². The first-order chi connectivity index (χ1) is 17.2. The smallest absolute Gasteiger partial charge is 0.129 e. The topological polar surface area (TPSA) is 29.0 Å². The molecule has 1 aliphatic heterocycles. The fourth-order valence-electron chi connectivity index (χ4n) is 8.95. The summed E-state index contributed by atoms with van der Waals surface area (Å²) in [5, 5.41) is 0.580. The van der Waals surface area contributed by atoms with Crippen LogP contribution in [0.25, 0.3) is 0 Å². The second-order valence-corrected chi connectivity index (χ2v) is 12.1. The molecule has 1 aromatic carbocycles. The summed E-state index contributed by atoms with van der Waals surface area (Å²) in [6.45, 7) is 2.44. The van der Waals surface area contributed by atoms with E-state index in [-0.39, 0.29) is 5.41 Å². The van der Waals surface area contributed by atoms with E-state index in [0.717, 1.165) is 5.92 Å². The van der Waals surface area contributed by atoms with Crippen LogP contribution in [0.4, 0.5) is 0 Å². The predicted octanol–water partition coefficient (Wildman–Crippen LogP) is 7.20. The van der Waals surface area contributed by atoms with Gasteiger partial charge in [-0.05, 0) is 77.7 Å². The van der Waals surface area contributed by atoms with Gasteiger partial charge in [0, 0.05) is 43.1 Å². The number of likely N-dealkylation sites (tertiary alicyclic amines) is 1. The normalized spacial score (nSPS) is 34.5. The zero-order valence-electron chi connectivity index (χ0n) is 20.3. The molecule has 3 heterocycles. The molecule has 4 heteroatoms. The summed E-state index contributed by atoms with van der Waals surface area (Å²) < 4.78 is 0. The number of nitrogens with zero attached hydrogens (tertiary/aromatic N) is 3. The van der Waals surface area contributed by atoms with E-state index in [0.29, 0.717) is 28.4 Å². The summed E-state index contributed by atoms with van der Waals surface area (Å²) >= 11 is 6.23. The molecule has 8 rings (SSSR count). The minimum atomic E-state index is 0.151. The minimum absolute atomic E-state index is 0.151. The number of aromatic nitrogens is 2. The molecule has 1 spiro atoms. The van der Waals surface area contributed by atoms with Crippen LogP contribution in [-0.2, 0) is 5.41 Å². The summed E-state index contributed by atoms with van der Waals surface area (Å²) in [5.74, 6) is 1.93. The van der Waals surface area contributed by atoms with Gasteiger partial charge in [-0.2, -0.15) is 0 Å². The third-order valence-corrected chi connectivity index (χ3v) is 10.3. The van der Waals surface area contributed by atoms with Gasteiger partial charge in [0.2, 0.25) is 0 Å². The molecule has 3 atom stereocenters. The van der Waals surface area contributed by atoms with Crippen molar-refractivity contribution in [1.82, 2.24) is 14.9 Å². The van der Waals surface area contributed by atoms with E-state index in [1.54, 1.807) is 0 Å². The summed E-state index contributed by atoms with van der Waals surface area (Å²) in [6.07, 6.45) is 15.6. The van der Waals surface area contributed by atoms with Gasteiger partial charge in [-0.15, -0.1) is 0 Å². The molecule has 35 heavy (non-hydrogen) atoms. The first-order valence-corrected chi connectivity index (χ1v) is 13.9. The van der Waals surface area contributed by atoms with Gasteiger partial charge < -0.3 is 0 Å². The van der Waals surface area contributed by atoms with Crippen molar-refractivity contribution in [2.24, 2.45) is 17.3 Å². The quantitative estimate of drug-likeness (QED) is 0.359. The summed E-state index contributed by atoms with van der Waals surface area (Å²) in [5.41, 5.74) is 4.74. The van der Waals surface area contributed by atoms with Crippen molar-refractivity contribution in [2.45, 2.75) is 62.3 Å². The lowest BCUT2D eigenvalue weighted by Crippen LogP contribution is -2.48. The Hall–Kier alpha value is -2.23. The van der Waals surface area contributed by atoms with Crippen LogP contribution in [0.15, 0.2) is 73.2 Å². The molecular formula is C31H34ClN3. The molecule has 0 N–H and O–H groups in total. The number of rotatable bonds is 5. The van der Waals surface area contributed by atoms with Gasteiger partial charge >= 0.3 is 0 Å². The third kappa shape index (κ3) is 3.34. The number of benzene rings is 1.